The minimum atomic E-state index is -0.722. The number of nitrogens with one attached hydrogen (secondary N) is 3. The van der Waals surface area contributed by atoms with Gasteiger partial charge in [0.2, 0.25) is 0 Å². The van der Waals surface area contributed by atoms with Crippen LogP contribution in [0.25, 0.3) is 0 Å². The molecule has 0 saturated carbocycles. The van der Waals surface area contributed by atoms with E-state index in [1.54, 1.807) is 35.2 Å². The number of halogens is 2. The molecule has 2 aliphatic heterocycles. The third-order valence-corrected chi connectivity index (χ3v) is 7.84. The lowest BCUT2D eigenvalue weighted by atomic mass is 10.0. The van der Waals surface area contributed by atoms with Crippen molar-refractivity contribution in [1.29, 1.82) is 0 Å². The number of hydroxylamine groups is 2. The first-order chi connectivity index (χ1) is 18.1. The van der Waals surface area contributed by atoms with E-state index in [1.807, 2.05) is 26.0 Å². The quantitative estimate of drug-likeness (QED) is 0.352. The van der Waals surface area contributed by atoms with Crippen LogP contribution in [0.4, 0.5) is 22.0 Å². The molecule has 2 aromatic carbocycles. The Labute approximate surface area is 230 Å². The molecule has 3 aromatic rings. The summed E-state index contributed by atoms with van der Waals surface area (Å²) in [6.07, 6.45) is 0. The Morgan fingerprint density at radius 3 is 2.42 bits per heavy atom. The van der Waals surface area contributed by atoms with Crippen molar-refractivity contribution >= 4 is 52.3 Å². The van der Waals surface area contributed by atoms with E-state index in [4.69, 9.17) is 23.2 Å². The lowest BCUT2D eigenvalue weighted by molar-refractivity contribution is -0.101. The molecule has 5 rings (SSSR count). The Morgan fingerprint density at radius 1 is 1.08 bits per heavy atom. The van der Waals surface area contributed by atoms with Crippen LogP contribution in [0.15, 0.2) is 42.5 Å². The number of fused-ring (bicyclic) bond motifs is 1. The molecule has 3 heterocycles. The fourth-order valence-corrected chi connectivity index (χ4v) is 5.53. The lowest BCUT2D eigenvalue weighted by Gasteiger charge is -2.38. The van der Waals surface area contributed by atoms with E-state index in [-0.39, 0.29) is 24.5 Å². The highest BCUT2D eigenvalue weighted by Gasteiger charge is 2.44. The monoisotopic (exact) mass is 557 g/mol. The van der Waals surface area contributed by atoms with Crippen LogP contribution in [0.2, 0.25) is 10.0 Å². The summed E-state index contributed by atoms with van der Waals surface area (Å²) in [6.45, 7) is 7.90. The predicted molar refractivity (Wildman–Crippen MR) is 147 cm³/mol. The Kier molecular flexibility index (Phi) is 6.99. The van der Waals surface area contributed by atoms with Gasteiger partial charge in [-0.25, -0.2) is 4.79 Å². The molecule has 0 bridgehead atoms. The molecular weight excluding hydrogens is 529 g/mol. The van der Waals surface area contributed by atoms with Gasteiger partial charge in [-0.3, -0.25) is 9.89 Å². The topological polar surface area (TPSA) is 117 Å². The summed E-state index contributed by atoms with van der Waals surface area (Å²) in [5.74, 6) is 0.0727. The van der Waals surface area contributed by atoms with Gasteiger partial charge in [-0.2, -0.15) is 10.2 Å². The first kappa shape index (κ1) is 26.3. The van der Waals surface area contributed by atoms with Gasteiger partial charge in [-0.05, 0) is 57.2 Å². The van der Waals surface area contributed by atoms with Crippen LogP contribution < -0.4 is 15.5 Å². The summed E-state index contributed by atoms with van der Waals surface area (Å²) in [4.78, 5) is 30.1. The Morgan fingerprint density at radius 2 is 1.76 bits per heavy atom. The van der Waals surface area contributed by atoms with Gasteiger partial charge >= 0.3 is 6.03 Å². The number of H-pyrrole nitrogens is 1. The number of aromatic nitrogens is 2. The Hall–Kier alpha value is -3.31. The van der Waals surface area contributed by atoms with Gasteiger partial charge in [0.05, 0.1) is 33.5 Å². The summed E-state index contributed by atoms with van der Waals surface area (Å²) in [5.41, 5.74) is 2.57. The summed E-state index contributed by atoms with van der Waals surface area (Å²) in [6, 6.07) is 12.1. The second kappa shape index (κ2) is 10.1. The maximum atomic E-state index is 13.2. The van der Waals surface area contributed by atoms with Crippen molar-refractivity contribution in [3.63, 3.8) is 0 Å². The van der Waals surface area contributed by atoms with Crippen molar-refractivity contribution in [3.8, 4) is 0 Å². The standard InChI is InChI=1S/C26H29Cl2N7O3/c1-15-13-33(38)11-12-34(15)17-9-7-16(8-10-17)24(36)30-23-18-14-35(26(2,3)22(18)31-32-23)25(37)29-21-19(27)5-4-6-20(21)28/h4-10,15,38H,11-14H2,1-3H3,(H,29,37)(H2,30,31,32,36). The zero-order valence-corrected chi connectivity index (χ0v) is 22.8. The number of para-hydroxylation sites is 1. The average Bonchev–Trinajstić information content (AvgIpc) is 3.39. The smallest absolute Gasteiger partial charge is 0.323 e. The minimum Gasteiger partial charge on any atom is -0.366 e. The van der Waals surface area contributed by atoms with E-state index >= 15 is 0 Å². The van der Waals surface area contributed by atoms with Crippen molar-refractivity contribution in [1.82, 2.24) is 20.2 Å². The van der Waals surface area contributed by atoms with Crippen molar-refractivity contribution in [2.24, 2.45) is 0 Å². The average molecular weight is 558 g/mol. The summed E-state index contributed by atoms with van der Waals surface area (Å²) in [7, 11) is 0. The maximum Gasteiger partial charge on any atom is 0.323 e. The third-order valence-electron chi connectivity index (χ3n) is 7.21. The third kappa shape index (κ3) is 4.80. The highest BCUT2D eigenvalue weighted by molar-refractivity contribution is 6.39. The minimum absolute atomic E-state index is 0.150. The van der Waals surface area contributed by atoms with E-state index < -0.39 is 5.54 Å². The van der Waals surface area contributed by atoms with Crippen LogP contribution in [0.1, 0.15) is 42.4 Å². The molecule has 0 radical (unpaired) electrons. The second-order valence-electron chi connectivity index (χ2n) is 10.1. The number of aromatic amines is 1. The zero-order chi connectivity index (χ0) is 27.2. The molecule has 3 amide bonds. The Balaban J connectivity index is 1.29. The molecule has 38 heavy (non-hydrogen) atoms. The number of anilines is 3. The van der Waals surface area contributed by atoms with Crippen molar-refractivity contribution in [2.45, 2.75) is 38.9 Å². The number of nitrogens with zero attached hydrogens (tertiary/aromatic N) is 4. The summed E-state index contributed by atoms with van der Waals surface area (Å²) in [5, 5.41) is 24.7. The van der Waals surface area contributed by atoms with E-state index in [0.29, 0.717) is 46.7 Å². The second-order valence-corrected chi connectivity index (χ2v) is 10.9. The molecule has 12 heteroatoms. The van der Waals surface area contributed by atoms with E-state index in [0.717, 1.165) is 16.9 Å². The Bertz CT molecular complexity index is 1360. The first-order valence-corrected chi connectivity index (χ1v) is 13.0. The number of urea groups is 1. The number of piperazine rings is 1. The largest absolute Gasteiger partial charge is 0.366 e. The van der Waals surface area contributed by atoms with Gasteiger partial charge in [-0.15, -0.1) is 0 Å². The predicted octanol–water partition coefficient (Wildman–Crippen LogP) is 5.15. The number of hydrogen-bond donors (Lipinski definition) is 4. The zero-order valence-electron chi connectivity index (χ0n) is 21.3. The van der Waals surface area contributed by atoms with Gasteiger partial charge in [0.15, 0.2) is 5.82 Å². The SMILES string of the molecule is CC1CN(O)CCN1c1ccc(C(=O)Nc2n[nH]c3c2CN(C(=O)Nc2c(Cl)cccc2Cl)C3(C)C)cc1. The first-order valence-electron chi connectivity index (χ1n) is 12.3. The fraction of sp³-hybridized carbons (Fsp3) is 0.346. The van der Waals surface area contributed by atoms with Crippen LogP contribution >= 0.6 is 23.2 Å². The molecule has 200 valence electrons. The summed E-state index contributed by atoms with van der Waals surface area (Å²) >= 11 is 12.5. The van der Waals surface area contributed by atoms with E-state index in [1.165, 1.54) is 5.06 Å². The molecule has 1 atom stereocenters. The molecule has 1 saturated heterocycles. The van der Waals surface area contributed by atoms with E-state index in [2.05, 4.69) is 32.7 Å². The molecule has 2 aliphatic rings. The normalized spacial score (nSPS) is 18.8. The fourth-order valence-electron chi connectivity index (χ4n) is 5.04. The number of carbonyl (C=O) groups excluding carboxylic acids is 2. The molecule has 1 unspecified atom stereocenters. The molecule has 10 nitrogen and oxygen atoms in total. The number of hydrogen-bond acceptors (Lipinski definition) is 6. The highest BCUT2D eigenvalue weighted by Crippen LogP contribution is 2.41. The molecule has 4 N–H and O–H groups in total. The summed E-state index contributed by atoms with van der Waals surface area (Å²) < 4.78 is 0. The van der Waals surface area contributed by atoms with Gasteiger partial charge in [-0.1, -0.05) is 29.3 Å². The van der Waals surface area contributed by atoms with Crippen LogP contribution in [-0.2, 0) is 12.1 Å². The molecule has 1 aromatic heterocycles. The van der Waals surface area contributed by atoms with Gasteiger partial charge in [0.1, 0.15) is 0 Å². The van der Waals surface area contributed by atoms with Crippen LogP contribution in [0, 0.1) is 0 Å². The molecular formula is C26H29Cl2N7O3. The molecule has 1 fully saturated rings. The number of carbonyl (C=O) groups is 2. The van der Waals surface area contributed by atoms with Crippen molar-refractivity contribution in [2.75, 3.05) is 35.2 Å². The van der Waals surface area contributed by atoms with Gasteiger partial charge in [0, 0.05) is 42.5 Å². The van der Waals surface area contributed by atoms with Gasteiger partial charge < -0.3 is 25.6 Å². The number of rotatable bonds is 4. The molecule has 0 spiro atoms. The van der Waals surface area contributed by atoms with Crippen LogP contribution in [0.5, 0.6) is 0 Å². The number of amides is 3. The maximum absolute atomic E-state index is 13.2. The highest BCUT2D eigenvalue weighted by atomic mass is 35.5. The van der Waals surface area contributed by atoms with Gasteiger partial charge in [0.25, 0.3) is 5.91 Å². The number of benzene rings is 2. The van der Waals surface area contributed by atoms with Crippen LogP contribution in [0.3, 0.4) is 0 Å². The lowest BCUT2D eigenvalue weighted by Crippen LogP contribution is -2.50. The molecule has 0 aliphatic carbocycles. The van der Waals surface area contributed by atoms with E-state index in [9.17, 15) is 14.8 Å². The van der Waals surface area contributed by atoms with Crippen molar-refractivity contribution in [3.05, 3.63) is 69.3 Å². The van der Waals surface area contributed by atoms with Crippen LogP contribution in [-0.4, -0.2) is 63.0 Å². The van der Waals surface area contributed by atoms with Crippen molar-refractivity contribution < 1.29 is 14.8 Å².